The largest absolute Gasteiger partial charge is 0.459 e. The van der Waals surface area contributed by atoms with Crippen molar-refractivity contribution in [1.82, 2.24) is 14.9 Å². The highest BCUT2D eigenvalue weighted by molar-refractivity contribution is 7.99. The molecule has 2 aromatic heterocycles. The number of halogens is 1. The van der Waals surface area contributed by atoms with Gasteiger partial charge in [-0.25, -0.2) is 4.98 Å². The van der Waals surface area contributed by atoms with E-state index in [0.717, 1.165) is 16.5 Å². The van der Waals surface area contributed by atoms with Crippen LogP contribution in [0.4, 0.5) is 0 Å². The molecule has 7 heteroatoms. The average Bonchev–Trinajstić information content (AvgIpc) is 3.21. The van der Waals surface area contributed by atoms with Crippen LogP contribution in [-0.4, -0.2) is 21.2 Å². The second-order valence-electron chi connectivity index (χ2n) is 5.16. The summed E-state index contributed by atoms with van der Waals surface area (Å²) in [6.45, 7) is 0.355. The first kappa shape index (κ1) is 16.7. The van der Waals surface area contributed by atoms with E-state index in [1.807, 2.05) is 54.2 Å². The van der Waals surface area contributed by atoms with Crippen LogP contribution in [0.2, 0.25) is 5.02 Å². The Kier molecular flexibility index (Phi) is 5.27. The first-order chi connectivity index (χ1) is 11.6. The molecule has 0 aliphatic rings. The van der Waals surface area contributed by atoms with Crippen LogP contribution in [0, 0.1) is 0 Å². The van der Waals surface area contributed by atoms with E-state index in [4.69, 9.17) is 16.0 Å². The predicted octanol–water partition coefficient (Wildman–Crippen LogP) is 3.74. The molecule has 3 rings (SSSR count). The Morgan fingerprint density at radius 1 is 1.29 bits per heavy atom. The zero-order valence-electron chi connectivity index (χ0n) is 13.0. The molecule has 0 aliphatic heterocycles. The maximum atomic E-state index is 11.9. The van der Waals surface area contributed by atoms with Gasteiger partial charge in [-0.2, -0.15) is 0 Å². The zero-order valence-corrected chi connectivity index (χ0v) is 14.6. The van der Waals surface area contributed by atoms with Gasteiger partial charge in [0.15, 0.2) is 5.16 Å². The van der Waals surface area contributed by atoms with E-state index in [-0.39, 0.29) is 5.91 Å². The van der Waals surface area contributed by atoms with Crippen LogP contribution in [0.3, 0.4) is 0 Å². The molecule has 2 heterocycles. The van der Waals surface area contributed by atoms with Gasteiger partial charge >= 0.3 is 0 Å². The van der Waals surface area contributed by atoms with Crippen molar-refractivity contribution < 1.29 is 9.21 Å². The quantitative estimate of drug-likeness (QED) is 0.679. The average molecular weight is 362 g/mol. The molecule has 0 fully saturated rings. The molecule has 3 aromatic rings. The van der Waals surface area contributed by atoms with Gasteiger partial charge in [0.2, 0.25) is 5.91 Å². The molecule has 0 saturated carbocycles. The van der Waals surface area contributed by atoms with Crippen molar-refractivity contribution in [2.24, 2.45) is 7.05 Å². The Labute approximate surface area is 149 Å². The number of nitrogens with zero attached hydrogens (tertiary/aromatic N) is 2. The molecule has 5 nitrogen and oxygen atoms in total. The van der Waals surface area contributed by atoms with Crippen molar-refractivity contribution in [2.75, 3.05) is 5.75 Å². The van der Waals surface area contributed by atoms with Gasteiger partial charge in [0.25, 0.3) is 0 Å². The highest BCUT2D eigenvalue weighted by atomic mass is 35.5. The number of carbonyl (C=O) groups is 1. The fourth-order valence-electron chi connectivity index (χ4n) is 2.10. The number of amides is 1. The van der Waals surface area contributed by atoms with Crippen LogP contribution >= 0.6 is 23.4 Å². The van der Waals surface area contributed by atoms with Gasteiger partial charge in [-0.3, -0.25) is 4.79 Å². The Morgan fingerprint density at radius 3 is 2.79 bits per heavy atom. The topological polar surface area (TPSA) is 60.1 Å². The van der Waals surface area contributed by atoms with E-state index in [1.54, 1.807) is 6.20 Å². The van der Waals surface area contributed by atoms with Gasteiger partial charge in [0, 0.05) is 30.0 Å². The number of benzene rings is 1. The number of rotatable bonds is 6. The minimum Gasteiger partial charge on any atom is -0.459 e. The van der Waals surface area contributed by atoms with Crippen molar-refractivity contribution >= 4 is 29.3 Å². The third-order valence-electron chi connectivity index (χ3n) is 3.36. The smallest absolute Gasteiger partial charge is 0.230 e. The summed E-state index contributed by atoms with van der Waals surface area (Å²) in [6.07, 6.45) is 3.56. The molecule has 0 spiro atoms. The minimum absolute atomic E-state index is 0.0626. The molecule has 0 unspecified atom stereocenters. The molecule has 0 aliphatic carbocycles. The van der Waals surface area contributed by atoms with E-state index in [1.165, 1.54) is 11.8 Å². The number of aromatic nitrogens is 2. The number of furan rings is 1. The van der Waals surface area contributed by atoms with Crippen molar-refractivity contribution in [3.05, 3.63) is 59.6 Å². The third-order valence-corrected chi connectivity index (χ3v) is 4.67. The van der Waals surface area contributed by atoms with Crippen molar-refractivity contribution in [3.63, 3.8) is 0 Å². The summed E-state index contributed by atoms with van der Waals surface area (Å²) in [5.41, 5.74) is 0.947. The van der Waals surface area contributed by atoms with Gasteiger partial charge in [0.05, 0.1) is 12.3 Å². The summed E-state index contributed by atoms with van der Waals surface area (Å²) in [5.74, 6) is 1.70. The van der Waals surface area contributed by atoms with Crippen LogP contribution in [0.5, 0.6) is 0 Å². The lowest BCUT2D eigenvalue weighted by Gasteiger charge is -2.03. The minimum atomic E-state index is -0.0626. The molecule has 0 radical (unpaired) electrons. The Bertz CT molecular complexity index is 826. The number of hydrogen-bond donors (Lipinski definition) is 1. The Morgan fingerprint density at radius 2 is 2.08 bits per heavy atom. The molecule has 0 bridgehead atoms. The second kappa shape index (κ2) is 7.59. The predicted molar refractivity (Wildman–Crippen MR) is 94.9 cm³/mol. The first-order valence-electron chi connectivity index (χ1n) is 7.33. The van der Waals surface area contributed by atoms with Crippen LogP contribution in [0.1, 0.15) is 5.76 Å². The summed E-state index contributed by atoms with van der Waals surface area (Å²) >= 11 is 7.28. The molecule has 0 saturated heterocycles. The van der Waals surface area contributed by atoms with Gasteiger partial charge in [0.1, 0.15) is 11.5 Å². The number of hydrogen-bond acceptors (Lipinski definition) is 4. The fourth-order valence-corrected chi connectivity index (χ4v) is 2.99. The van der Waals surface area contributed by atoms with E-state index >= 15 is 0 Å². The fraction of sp³-hybridized carbons (Fsp3) is 0.176. The maximum Gasteiger partial charge on any atom is 0.230 e. The molecule has 1 aromatic carbocycles. The van der Waals surface area contributed by atoms with Crippen molar-refractivity contribution in [1.29, 1.82) is 0 Å². The number of nitrogens with one attached hydrogen (secondary N) is 1. The van der Waals surface area contributed by atoms with Crippen molar-refractivity contribution in [2.45, 2.75) is 11.7 Å². The monoisotopic (exact) mass is 361 g/mol. The molecule has 0 atom stereocenters. The van der Waals surface area contributed by atoms with Crippen LogP contribution in [0.15, 0.2) is 58.4 Å². The van der Waals surface area contributed by atoms with Gasteiger partial charge in [-0.15, -0.1) is 0 Å². The number of carbonyl (C=O) groups excluding carboxylic acids is 1. The molecule has 1 N–H and O–H groups in total. The molecule has 124 valence electrons. The number of imidazole rings is 1. The third kappa shape index (κ3) is 4.21. The van der Waals surface area contributed by atoms with Gasteiger partial charge in [-0.1, -0.05) is 23.4 Å². The van der Waals surface area contributed by atoms with Crippen molar-refractivity contribution in [3.8, 4) is 11.3 Å². The molecular formula is C17H16ClN3O2S. The SMILES string of the molecule is Cn1ccnc1SCC(=O)NCc1ccc(-c2ccc(Cl)cc2)o1. The normalized spacial score (nSPS) is 10.8. The molecule has 1 amide bonds. The van der Waals surface area contributed by atoms with Crippen LogP contribution in [0.25, 0.3) is 11.3 Å². The number of aryl methyl sites for hydroxylation is 1. The van der Waals surface area contributed by atoms with Gasteiger partial charge in [-0.05, 0) is 36.4 Å². The molecule has 24 heavy (non-hydrogen) atoms. The van der Waals surface area contributed by atoms with Crippen LogP contribution < -0.4 is 5.32 Å². The van der Waals surface area contributed by atoms with Crippen LogP contribution in [-0.2, 0) is 18.4 Å². The van der Waals surface area contributed by atoms with E-state index in [9.17, 15) is 4.79 Å². The van der Waals surface area contributed by atoms with E-state index < -0.39 is 0 Å². The summed E-state index contributed by atoms with van der Waals surface area (Å²) in [5, 5.41) is 4.34. The lowest BCUT2D eigenvalue weighted by atomic mass is 10.2. The summed E-state index contributed by atoms with van der Waals surface area (Å²) < 4.78 is 7.63. The summed E-state index contributed by atoms with van der Waals surface area (Å²) in [7, 11) is 1.90. The Balaban J connectivity index is 1.51. The van der Waals surface area contributed by atoms with E-state index in [2.05, 4.69) is 10.3 Å². The maximum absolute atomic E-state index is 11.9. The lowest BCUT2D eigenvalue weighted by Crippen LogP contribution is -2.24. The number of thioether (sulfide) groups is 1. The summed E-state index contributed by atoms with van der Waals surface area (Å²) in [6, 6.07) is 11.2. The summed E-state index contributed by atoms with van der Waals surface area (Å²) in [4.78, 5) is 16.1. The second-order valence-corrected chi connectivity index (χ2v) is 6.54. The highest BCUT2D eigenvalue weighted by Gasteiger charge is 2.08. The zero-order chi connectivity index (χ0) is 16.9. The first-order valence-corrected chi connectivity index (χ1v) is 8.69. The highest BCUT2D eigenvalue weighted by Crippen LogP contribution is 2.23. The standard InChI is InChI=1S/C17H16ClN3O2S/c1-21-9-8-19-17(21)24-11-16(22)20-10-14-6-7-15(23-14)12-2-4-13(18)5-3-12/h2-9H,10-11H2,1H3,(H,20,22). The molecular weight excluding hydrogens is 346 g/mol. The van der Waals surface area contributed by atoms with Gasteiger partial charge < -0.3 is 14.3 Å². The Hall–Kier alpha value is -2.18. The lowest BCUT2D eigenvalue weighted by molar-refractivity contribution is -0.118. The van der Waals surface area contributed by atoms with E-state index in [0.29, 0.717) is 23.1 Å².